The molecule has 8 nitrogen and oxygen atoms in total. The number of aliphatic carboxylic acids is 1. The number of amides is 2. The minimum absolute atomic E-state index is 0.0211. The van der Waals surface area contributed by atoms with Gasteiger partial charge >= 0.3 is 12.1 Å². The highest BCUT2D eigenvalue weighted by Crippen LogP contribution is 2.45. The van der Waals surface area contributed by atoms with Gasteiger partial charge in [0.25, 0.3) is 0 Å². The van der Waals surface area contributed by atoms with Crippen molar-refractivity contribution in [3.63, 3.8) is 0 Å². The molecule has 1 unspecified atom stereocenters. The van der Waals surface area contributed by atoms with E-state index in [9.17, 15) is 24.6 Å². The van der Waals surface area contributed by atoms with E-state index in [4.69, 9.17) is 4.74 Å². The normalized spacial score (nSPS) is 23.1. The lowest BCUT2D eigenvalue weighted by Crippen LogP contribution is -2.61. The number of β-amino-alcohol motifs (C(OH)–C–C–N with tert-alkyl or cyclic N) is 1. The van der Waals surface area contributed by atoms with Gasteiger partial charge in [0.1, 0.15) is 18.2 Å². The molecule has 2 aromatic rings. The van der Waals surface area contributed by atoms with E-state index in [0.29, 0.717) is 0 Å². The zero-order chi connectivity index (χ0) is 24.0. The van der Waals surface area contributed by atoms with Gasteiger partial charge in [-0.15, -0.1) is 0 Å². The van der Waals surface area contributed by atoms with Gasteiger partial charge < -0.3 is 25.2 Å². The number of rotatable bonds is 6. The summed E-state index contributed by atoms with van der Waals surface area (Å²) >= 11 is 0. The quantitative estimate of drug-likeness (QED) is 0.605. The van der Waals surface area contributed by atoms with E-state index in [1.54, 1.807) is 6.92 Å². The number of nitrogens with zero attached hydrogens (tertiary/aromatic N) is 1. The number of hydrogen-bond donors (Lipinski definition) is 3. The molecule has 3 atom stereocenters. The van der Waals surface area contributed by atoms with Gasteiger partial charge in [-0.3, -0.25) is 4.79 Å². The molecule has 178 valence electrons. The first-order valence-corrected chi connectivity index (χ1v) is 11.6. The summed E-state index contributed by atoms with van der Waals surface area (Å²) in [5.41, 5.74) is 3.14. The first-order chi connectivity index (χ1) is 16.3. The van der Waals surface area contributed by atoms with Crippen molar-refractivity contribution in [2.45, 2.75) is 49.8 Å². The topological polar surface area (TPSA) is 116 Å². The SMILES string of the molecule is CC(NC(=O)OCC1c2ccccc2-c2ccccc21)(C(=O)N1C[C@H](O)C[C@@H]1C(=O)O)C1CC1. The smallest absolute Gasteiger partial charge is 0.408 e. The predicted molar refractivity (Wildman–Crippen MR) is 123 cm³/mol. The van der Waals surface area contributed by atoms with Gasteiger partial charge in [0.2, 0.25) is 5.91 Å². The molecule has 3 aliphatic rings. The Morgan fingerprint density at radius 3 is 2.21 bits per heavy atom. The largest absolute Gasteiger partial charge is 0.480 e. The predicted octanol–water partition coefficient (Wildman–Crippen LogP) is 2.74. The van der Waals surface area contributed by atoms with E-state index >= 15 is 0 Å². The summed E-state index contributed by atoms with van der Waals surface area (Å²) < 4.78 is 5.64. The summed E-state index contributed by atoms with van der Waals surface area (Å²) in [6.45, 7) is 1.68. The van der Waals surface area contributed by atoms with Gasteiger partial charge in [0.05, 0.1) is 6.10 Å². The zero-order valence-electron chi connectivity index (χ0n) is 18.9. The third-order valence-electron chi connectivity index (χ3n) is 7.37. The van der Waals surface area contributed by atoms with Crippen LogP contribution in [0.1, 0.15) is 43.2 Å². The third-order valence-corrected chi connectivity index (χ3v) is 7.37. The zero-order valence-corrected chi connectivity index (χ0v) is 18.9. The molecule has 2 aliphatic carbocycles. The lowest BCUT2D eigenvalue weighted by molar-refractivity contribution is -0.151. The van der Waals surface area contributed by atoms with Crippen LogP contribution >= 0.6 is 0 Å². The molecule has 5 rings (SSSR count). The lowest BCUT2D eigenvalue weighted by atomic mass is 9.93. The number of carbonyl (C=O) groups excluding carboxylic acids is 2. The van der Waals surface area contributed by atoms with Gasteiger partial charge in [-0.2, -0.15) is 0 Å². The molecule has 0 radical (unpaired) electrons. The van der Waals surface area contributed by atoms with Gasteiger partial charge in [0, 0.05) is 18.9 Å². The number of fused-ring (bicyclic) bond motifs is 3. The molecule has 2 aromatic carbocycles. The first kappa shape index (κ1) is 22.4. The van der Waals surface area contributed by atoms with Crippen LogP contribution in [-0.4, -0.2) is 63.9 Å². The molecule has 0 spiro atoms. The summed E-state index contributed by atoms with van der Waals surface area (Å²) in [5, 5.41) is 22.2. The second-order valence-corrected chi connectivity index (χ2v) is 9.63. The molecule has 34 heavy (non-hydrogen) atoms. The molecule has 1 heterocycles. The van der Waals surface area contributed by atoms with Crippen LogP contribution in [-0.2, 0) is 14.3 Å². The third kappa shape index (κ3) is 3.81. The molecule has 0 bridgehead atoms. The van der Waals surface area contributed by atoms with Gasteiger partial charge in [0.15, 0.2) is 0 Å². The Hall–Kier alpha value is -3.39. The number of aliphatic hydroxyl groups is 1. The van der Waals surface area contributed by atoms with Crippen LogP contribution in [0.5, 0.6) is 0 Å². The Morgan fingerprint density at radius 1 is 1.06 bits per heavy atom. The van der Waals surface area contributed by atoms with Crippen LogP contribution in [0, 0.1) is 5.92 Å². The second kappa shape index (κ2) is 8.43. The van der Waals surface area contributed by atoms with Crippen molar-refractivity contribution >= 4 is 18.0 Å². The molecule has 2 fully saturated rings. The summed E-state index contributed by atoms with van der Waals surface area (Å²) in [6, 6.07) is 15.0. The minimum atomic E-state index is -1.29. The highest BCUT2D eigenvalue weighted by Gasteiger charge is 2.53. The summed E-state index contributed by atoms with van der Waals surface area (Å²) in [7, 11) is 0. The van der Waals surface area contributed by atoms with Gasteiger partial charge in [-0.25, -0.2) is 9.59 Å². The van der Waals surface area contributed by atoms with E-state index in [1.807, 2.05) is 36.4 Å². The van der Waals surface area contributed by atoms with E-state index in [2.05, 4.69) is 17.4 Å². The first-order valence-electron chi connectivity index (χ1n) is 11.6. The Bertz CT molecular complexity index is 1100. The van der Waals surface area contributed by atoms with Crippen LogP contribution in [0.15, 0.2) is 48.5 Å². The second-order valence-electron chi connectivity index (χ2n) is 9.63. The van der Waals surface area contributed by atoms with Crippen molar-refractivity contribution in [1.82, 2.24) is 10.2 Å². The van der Waals surface area contributed by atoms with Crippen LogP contribution in [0.3, 0.4) is 0 Å². The van der Waals surface area contributed by atoms with Gasteiger partial charge in [-0.1, -0.05) is 48.5 Å². The maximum absolute atomic E-state index is 13.4. The van der Waals surface area contributed by atoms with Crippen LogP contribution in [0.25, 0.3) is 11.1 Å². The molecule has 3 N–H and O–H groups in total. The Labute approximate surface area is 197 Å². The molecule has 2 amide bonds. The van der Waals surface area contributed by atoms with Crippen molar-refractivity contribution in [2.75, 3.05) is 13.2 Å². The number of ether oxygens (including phenoxy) is 1. The summed E-state index contributed by atoms with van der Waals surface area (Å²) in [4.78, 5) is 39.1. The Balaban J connectivity index is 1.31. The number of alkyl carbamates (subject to hydrolysis) is 1. The maximum atomic E-state index is 13.4. The number of carboxylic acid groups (broad SMARTS) is 1. The number of nitrogens with one attached hydrogen (secondary N) is 1. The average Bonchev–Trinajstić information content (AvgIpc) is 3.54. The molecule has 8 heteroatoms. The average molecular weight is 465 g/mol. The number of carboxylic acids is 1. The van der Waals surface area contributed by atoms with Crippen molar-refractivity contribution in [3.05, 3.63) is 59.7 Å². The van der Waals surface area contributed by atoms with Crippen LogP contribution in [0.2, 0.25) is 0 Å². The Kier molecular flexibility index (Phi) is 5.56. The van der Waals surface area contributed by atoms with Crippen molar-refractivity contribution in [1.29, 1.82) is 0 Å². The maximum Gasteiger partial charge on any atom is 0.408 e. The number of benzene rings is 2. The number of likely N-dealkylation sites (tertiary alicyclic amines) is 1. The minimum Gasteiger partial charge on any atom is -0.480 e. The standard InChI is InChI=1S/C26H28N2O6/c1-26(15-10-11-15,24(32)28-13-16(29)12-22(28)23(30)31)27-25(33)34-14-21-19-8-4-2-6-17(19)18-7-3-5-9-20(18)21/h2-9,15-16,21-22,29H,10-14H2,1H3,(H,27,33)(H,30,31)/t16-,22-,26?/m1/s1. The van der Waals surface area contributed by atoms with Crippen molar-refractivity contribution < 1.29 is 29.3 Å². The van der Waals surface area contributed by atoms with E-state index in [1.165, 1.54) is 4.90 Å². The molecular formula is C26H28N2O6. The summed E-state index contributed by atoms with van der Waals surface area (Å²) in [6.07, 6.45) is -0.133. The van der Waals surface area contributed by atoms with E-state index in [-0.39, 0.29) is 31.4 Å². The monoisotopic (exact) mass is 464 g/mol. The highest BCUT2D eigenvalue weighted by molar-refractivity contribution is 5.93. The van der Waals surface area contributed by atoms with Crippen molar-refractivity contribution in [2.24, 2.45) is 5.92 Å². The molecule has 0 aromatic heterocycles. The molecular weight excluding hydrogens is 436 g/mol. The van der Waals surface area contributed by atoms with Gasteiger partial charge in [-0.05, 0) is 47.9 Å². The fraction of sp³-hybridized carbons (Fsp3) is 0.423. The van der Waals surface area contributed by atoms with E-state index < -0.39 is 35.7 Å². The fourth-order valence-corrected chi connectivity index (χ4v) is 5.41. The van der Waals surface area contributed by atoms with Crippen LogP contribution in [0.4, 0.5) is 4.79 Å². The molecule has 1 saturated heterocycles. The van der Waals surface area contributed by atoms with Crippen LogP contribution < -0.4 is 5.32 Å². The molecule has 1 aliphatic heterocycles. The summed E-state index contributed by atoms with van der Waals surface area (Å²) in [5.74, 6) is -1.87. The fourth-order valence-electron chi connectivity index (χ4n) is 5.41. The highest BCUT2D eigenvalue weighted by atomic mass is 16.5. The Morgan fingerprint density at radius 2 is 1.65 bits per heavy atom. The van der Waals surface area contributed by atoms with E-state index in [0.717, 1.165) is 35.1 Å². The number of hydrogen-bond acceptors (Lipinski definition) is 5. The number of aliphatic hydroxyl groups excluding tert-OH is 1. The lowest BCUT2D eigenvalue weighted by Gasteiger charge is -2.35. The van der Waals surface area contributed by atoms with Crippen molar-refractivity contribution in [3.8, 4) is 11.1 Å². The molecule has 1 saturated carbocycles. The number of carbonyl (C=O) groups is 3.